The molecule has 0 spiro atoms. The summed E-state index contributed by atoms with van der Waals surface area (Å²) in [6.07, 6.45) is 10.9. The van der Waals surface area contributed by atoms with Gasteiger partial charge in [0.15, 0.2) is 0 Å². The number of carbonyl (C=O) groups excluding carboxylic acids is 3. The maximum atomic E-state index is 13.6. The van der Waals surface area contributed by atoms with E-state index in [0.29, 0.717) is 38.0 Å². The Morgan fingerprint density at radius 3 is 2.43 bits per heavy atom. The molecule has 4 saturated carbocycles. The van der Waals surface area contributed by atoms with Crippen molar-refractivity contribution in [1.29, 1.82) is 0 Å². The first-order chi connectivity index (χ1) is 17.6. The normalized spacial score (nSPS) is 31.4. The van der Waals surface area contributed by atoms with E-state index in [0.717, 1.165) is 17.5 Å². The Balaban J connectivity index is 1.28. The maximum absolute atomic E-state index is 13.6. The number of hydrogen-bond donors (Lipinski definition) is 2. The quantitative estimate of drug-likeness (QED) is 0.548. The van der Waals surface area contributed by atoms with E-state index < -0.39 is 29.7 Å². The molecule has 2 heterocycles. The SMILES string of the molecule is CC(C)(C)OC(=O)N[C@@H](Cc1cncn1COC1C2CC3CC(C2)CC1C3)C(=O)N1CCC[C@H]1C(N)=O. The minimum atomic E-state index is -0.925. The first-order valence-electron chi connectivity index (χ1n) is 13.8. The number of nitrogens with one attached hydrogen (secondary N) is 1. The average molecular weight is 516 g/mol. The Morgan fingerprint density at radius 2 is 1.81 bits per heavy atom. The molecule has 1 aromatic heterocycles. The second kappa shape index (κ2) is 10.3. The first-order valence-corrected chi connectivity index (χ1v) is 13.8. The zero-order valence-corrected chi connectivity index (χ0v) is 22.2. The van der Waals surface area contributed by atoms with Crippen LogP contribution in [-0.2, 0) is 32.2 Å². The van der Waals surface area contributed by atoms with Crippen LogP contribution in [0.5, 0.6) is 0 Å². The molecular formula is C27H41N5O5. The van der Waals surface area contributed by atoms with Crippen molar-refractivity contribution in [3.8, 4) is 0 Å². The molecule has 6 rings (SSSR count). The average Bonchev–Trinajstić information content (AvgIpc) is 3.46. The van der Waals surface area contributed by atoms with Crippen molar-refractivity contribution in [2.24, 2.45) is 29.4 Å². The van der Waals surface area contributed by atoms with Crippen LogP contribution in [0, 0.1) is 23.7 Å². The Kier molecular flexibility index (Phi) is 7.22. The van der Waals surface area contributed by atoms with E-state index in [2.05, 4.69) is 10.3 Å². The largest absolute Gasteiger partial charge is 0.444 e. The lowest BCUT2D eigenvalue weighted by molar-refractivity contribution is -0.144. The van der Waals surface area contributed by atoms with E-state index in [1.165, 1.54) is 37.0 Å². The fourth-order valence-electron chi connectivity index (χ4n) is 7.33. The smallest absolute Gasteiger partial charge is 0.408 e. The second-order valence-electron chi connectivity index (χ2n) is 12.5. The molecule has 37 heavy (non-hydrogen) atoms. The van der Waals surface area contributed by atoms with Crippen molar-refractivity contribution in [3.05, 3.63) is 18.2 Å². The summed E-state index contributed by atoms with van der Waals surface area (Å²) in [4.78, 5) is 43.9. The minimum absolute atomic E-state index is 0.199. The van der Waals surface area contributed by atoms with Crippen LogP contribution < -0.4 is 11.1 Å². The molecular weight excluding hydrogens is 474 g/mol. The number of aromatic nitrogens is 2. The summed E-state index contributed by atoms with van der Waals surface area (Å²) in [6, 6.07) is -1.59. The molecule has 1 saturated heterocycles. The summed E-state index contributed by atoms with van der Waals surface area (Å²) < 4.78 is 13.8. The number of imidazole rings is 1. The molecule has 1 aromatic rings. The van der Waals surface area contributed by atoms with Gasteiger partial charge in [-0.05, 0) is 89.4 Å². The third-order valence-corrected chi connectivity index (χ3v) is 8.61. The van der Waals surface area contributed by atoms with Crippen LogP contribution in [-0.4, -0.2) is 62.7 Å². The Labute approximate surface area is 218 Å². The highest BCUT2D eigenvalue weighted by molar-refractivity contribution is 5.91. The topological polar surface area (TPSA) is 129 Å². The van der Waals surface area contributed by atoms with Gasteiger partial charge in [0.25, 0.3) is 0 Å². The van der Waals surface area contributed by atoms with E-state index in [1.807, 2.05) is 4.57 Å². The van der Waals surface area contributed by atoms with Gasteiger partial charge < -0.3 is 30.0 Å². The fourth-order valence-corrected chi connectivity index (χ4v) is 7.33. The number of amides is 3. The summed E-state index contributed by atoms with van der Waals surface area (Å²) >= 11 is 0. The van der Waals surface area contributed by atoms with Crippen LogP contribution in [0.2, 0.25) is 0 Å². The van der Waals surface area contributed by atoms with Crippen molar-refractivity contribution in [2.75, 3.05) is 6.54 Å². The van der Waals surface area contributed by atoms with Crippen LogP contribution in [0.15, 0.2) is 12.5 Å². The number of hydrogen-bond acceptors (Lipinski definition) is 6. The summed E-state index contributed by atoms with van der Waals surface area (Å²) in [7, 11) is 0. The standard InChI is InChI=1S/C27H41N5O5/c1-27(2,3)37-26(35)30-21(25(34)32-6-4-5-22(32)24(28)33)12-20-13-29-14-31(20)15-36-23-18-8-16-7-17(10-18)11-19(23)9-16/h13-14,16-19,21-23H,4-12,15H2,1-3H3,(H2,28,33)(H,30,35)/t16?,17?,18?,19?,21-,22-,23?/m0/s1. The maximum Gasteiger partial charge on any atom is 0.408 e. The zero-order chi connectivity index (χ0) is 26.3. The molecule has 4 aliphatic carbocycles. The highest BCUT2D eigenvalue weighted by Gasteiger charge is 2.48. The minimum Gasteiger partial charge on any atom is -0.444 e. The van der Waals surface area contributed by atoms with Crippen LogP contribution in [0.25, 0.3) is 0 Å². The summed E-state index contributed by atoms with van der Waals surface area (Å²) in [6.45, 7) is 6.09. The lowest BCUT2D eigenvalue weighted by Crippen LogP contribution is -2.54. The van der Waals surface area contributed by atoms with Crippen molar-refractivity contribution in [1.82, 2.24) is 19.8 Å². The highest BCUT2D eigenvalue weighted by atomic mass is 16.6. The van der Waals surface area contributed by atoms with Gasteiger partial charge in [-0.1, -0.05) is 0 Å². The van der Waals surface area contributed by atoms with Gasteiger partial charge in [0.1, 0.15) is 24.4 Å². The van der Waals surface area contributed by atoms with Crippen molar-refractivity contribution >= 4 is 17.9 Å². The molecule has 4 bridgehead atoms. The molecule has 0 unspecified atom stereocenters. The van der Waals surface area contributed by atoms with E-state index in [4.69, 9.17) is 15.2 Å². The Morgan fingerprint density at radius 1 is 1.14 bits per heavy atom. The molecule has 10 nitrogen and oxygen atoms in total. The number of alkyl carbamates (subject to hydrolysis) is 1. The van der Waals surface area contributed by atoms with Gasteiger partial charge >= 0.3 is 6.09 Å². The number of ether oxygens (including phenoxy) is 2. The number of carbonyl (C=O) groups is 3. The molecule has 0 radical (unpaired) electrons. The molecule has 3 N–H and O–H groups in total. The van der Waals surface area contributed by atoms with Crippen molar-refractivity contribution in [2.45, 2.75) is 103 Å². The second-order valence-corrected chi connectivity index (χ2v) is 12.5. The molecule has 5 fully saturated rings. The van der Waals surface area contributed by atoms with Crippen LogP contribution in [0.1, 0.15) is 71.4 Å². The lowest BCUT2D eigenvalue weighted by Gasteiger charge is -2.53. The van der Waals surface area contributed by atoms with Crippen molar-refractivity contribution < 1.29 is 23.9 Å². The van der Waals surface area contributed by atoms with Gasteiger partial charge in [0.05, 0.1) is 12.4 Å². The molecule has 5 aliphatic rings. The fraction of sp³-hybridized carbons (Fsp3) is 0.778. The molecule has 3 amide bonds. The van der Waals surface area contributed by atoms with Gasteiger partial charge in [0, 0.05) is 24.9 Å². The number of nitrogens with two attached hydrogens (primary N) is 1. The van der Waals surface area contributed by atoms with Gasteiger partial charge in [-0.25, -0.2) is 9.78 Å². The van der Waals surface area contributed by atoms with Crippen LogP contribution in [0.4, 0.5) is 4.79 Å². The van der Waals surface area contributed by atoms with E-state index >= 15 is 0 Å². The van der Waals surface area contributed by atoms with Gasteiger partial charge in [0.2, 0.25) is 11.8 Å². The number of nitrogens with zero attached hydrogens (tertiary/aromatic N) is 3. The summed E-state index contributed by atoms with van der Waals surface area (Å²) in [5.74, 6) is 2.18. The molecule has 204 valence electrons. The molecule has 2 atom stereocenters. The van der Waals surface area contributed by atoms with Gasteiger partial charge in [-0.2, -0.15) is 0 Å². The number of primary amides is 1. The zero-order valence-electron chi connectivity index (χ0n) is 22.2. The lowest BCUT2D eigenvalue weighted by atomic mass is 9.55. The predicted molar refractivity (Wildman–Crippen MR) is 135 cm³/mol. The van der Waals surface area contributed by atoms with Crippen LogP contribution in [0.3, 0.4) is 0 Å². The Hall–Kier alpha value is -2.62. The van der Waals surface area contributed by atoms with Crippen molar-refractivity contribution in [3.63, 3.8) is 0 Å². The molecule has 1 aliphatic heterocycles. The summed E-state index contributed by atoms with van der Waals surface area (Å²) in [5, 5.41) is 2.74. The third kappa shape index (κ3) is 5.78. The van der Waals surface area contributed by atoms with Gasteiger partial charge in [-0.3, -0.25) is 9.59 Å². The number of rotatable bonds is 8. The monoisotopic (exact) mass is 515 g/mol. The number of likely N-dealkylation sites (tertiary alicyclic amines) is 1. The first kappa shape index (κ1) is 26.0. The predicted octanol–water partition coefficient (Wildman–Crippen LogP) is 2.59. The molecule has 10 heteroatoms. The van der Waals surface area contributed by atoms with Gasteiger partial charge in [-0.15, -0.1) is 0 Å². The highest BCUT2D eigenvalue weighted by Crippen LogP contribution is 2.54. The summed E-state index contributed by atoms with van der Waals surface area (Å²) in [5.41, 5.74) is 5.61. The van der Waals surface area contributed by atoms with E-state index in [-0.39, 0.29) is 18.4 Å². The Bertz CT molecular complexity index is 989. The third-order valence-electron chi connectivity index (χ3n) is 8.61. The molecule has 0 aromatic carbocycles. The van der Waals surface area contributed by atoms with Crippen LogP contribution >= 0.6 is 0 Å². The van der Waals surface area contributed by atoms with E-state index in [9.17, 15) is 14.4 Å². The van der Waals surface area contributed by atoms with E-state index in [1.54, 1.807) is 33.3 Å².